The Morgan fingerprint density at radius 3 is 2.70 bits per heavy atom. The Labute approximate surface area is 163 Å². The number of carbonyl (C=O) groups is 3. The van der Waals surface area contributed by atoms with E-state index in [0.717, 1.165) is 0 Å². The number of halogens is 1. The molecule has 1 saturated heterocycles. The number of piperidine rings is 1. The van der Waals surface area contributed by atoms with Crippen molar-refractivity contribution in [2.45, 2.75) is 32.3 Å². The minimum Gasteiger partial charge on any atom is -0.481 e. The van der Waals surface area contributed by atoms with Crippen molar-refractivity contribution in [1.29, 1.82) is 0 Å². The molecule has 27 heavy (non-hydrogen) atoms. The fourth-order valence-corrected chi connectivity index (χ4v) is 3.29. The summed E-state index contributed by atoms with van der Waals surface area (Å²) < 4.78 is 5.76. The van der Waals surface area contributed by atoms with Crippen LogP contribution in [0.1, 0.15) is 26.7 Å². The molecule has 0 saturated carbocycles. The highest BCUT2D eigenvalue weighted by Gasteiger charge is 2.35. The van der Waals surface area contributed by atoms with E-state index in [1.165, 1.54) is 16.8 Å². The molecule has 1 aliphatic heterocycles. The summed E-state index contributed by atoms with van der Waals surface area (Å²) in [6.07, 6.45) is 1.21. The van der Waals surface area contributed by atoms with E-state index < -0.39 is 17.5 Å². The maximum Gasteiger partial charge on any atom is 0.308 e. The number of carboxylic acids is 1. The molecule has 2 amide bonds. The average Bonchev–Trinajstić information content (AvgIpc) is 2.60. The molecule has 0 spiro atoms. The van der Waals surface area contributed by atoms with Gasteiger partial charge >= 0.3 is 5.97 Å². The molecule has 1 aromatic carbocycles. The van der Waals surface area contributed by atoms with E-state index in [4.69, 9.17) is 21.4 Å². The van der Waals surface area contributed by atoms with Gasteiger partial charge in [-0.15, -0.1) is 0 Å². The Morgan fingerprint density at radius 2 is 2.07 bits per heavy atom. The number of amides is 2. The van der Waals surface area contributed by atoms with Crippen molar-refractivity contribution >= 4 is 29.4 Å². The summed E-state index contributed by atoms with van der Waals surface area (Å²) in [6, 6.07) is 6.74. The number of hydrogen-bond acceptors (Lipinski definition) is 4. The van der Waals surface area contributed by atoms with E-state index in [9.17, 15) is 14.4 Å². The summed E-state index contributed by atoms with van der Waals surface area (Å²) in [7, 11) is 1.53. The number of rotatable bonds is 6. The van der Waals surface area contributed by atoms with Gasteiger partial charge in [0, 0.05) is 25.2 Å². The number of nitrogens with zero attached hydrogens (tertiary/aromatic N) is 2. The molecule has 7 nitrogen and oxygen atoms in total. The van der Waals surface area contributed by atoms with Crippen LogP contribution in [0.2, 0.25) is 5.02 Å². The van der Waals surface area contributed by atoms with Crippen molar-refractivity contribution in [3.63, 3.8) is 0 Å². The first-order chi connectivity index (χ1) is 12.6. The van der Waals surface area contributed by atoms with Gasteiger partial charge in [-0.25, -0.2) is 0 Å². The Bertz CT molecular complexity index is 722. The maximum atomic E-state index is 12.7. The molecule has 0 radical (unpaired) electrons. The van der Waals surface area contributed by atoms with Gasteiger partial charge in [-0.3, -0.25) is 14.4 Å². The summed E-state index contributed by atoms with van der Waals surface area (Å²) in [5.74, 6) is -1.61. The molecule has 1 N–H and O–H groups in total. The van der Waals surface area contributed by atoms with Gasteiger partial charge in [0.15, 0.2) is 5.60 Å². The molecule has 8 heteroatoms. The lowest BCUT2D eigenvalue weighted by molar-refractivity contribution is -0.151. The molecule has 1 atom stereocenters. The van der Waals surface area contributed by atoms with Crippen molar-refractivity contribution in [3.8, 4) is 5.75 Å². The highest BCUT2D eigenvalue weighted by atomic mass is 35.5. The lowest BCUT2D eigenvalue weighted by Gasteiger charge is -2.34. The van der Waals surface area contributed by atoms with Crippen LogP contribution in [0.25, 0.3) is 0 Å². The van der Waals surface area contributed by atoms with Crippen LogP contribution in [0, 0.1) is 5.92 Å². The zero-order valence-corrected chi connectivity index (χ0v) is 16.5. The Morgan fingerprint density at radius 1 is 1.37 bits per heavy atom. The van der Waals surface area contributed by atoms with Crippen LogP contribution in [0.15, 0.2) is 24.3 Å². The van der Waals surface area contributed by atoms with Gasteiger partial charge in [0.25, 0.3) is 5.91 Å². The summed E-state index contributed by atoms with van der Waals surface area (Å²) in [5.41, 5.74) is -1.19. The van der Waals surface area contributed by atoms with Gasteiger partial charge in [0.1, 0.15) is 5.75 Å². The molecule has 1 aliphatic rings. The van der Waals surface area contributed by atoms with E-state index in [-0.39, 0.29) is 24.9 Å². The van der Waals surface area contributed by atoms with Crippen molar-refractivity contribution in [2.75, 3.05) is 26.7 Å². The first kappa shape index (κ1) is 21.0. The van der Waals surface area contributed by atoms with Gasteiger partial charge in [0.05, 0.1) is 12.5 Å². The van der Waals surface area contributed by atoms with Crippen LogP contribution in [0.3, 0.4) is 0 Å². The van der Waals surface area contributed by atoms with Crippen molar-refractivity contribution in [3.05, 3.63) is 29.3 Å². The molecule has 148 valence electrons. The largest absolute Gasteiger partial charge is 0.481 e. The summed E-state index contributed by atoms with van der Waals surface area (Å²) >= 11 is 5.94. The van der Waals surface area contributed by atoms with Gasteiger partial charge in [-0.2, -0.15) is 0 Å². The summed E-state index contributed by atoms with van der Waals surface area (Å²) in [5, 5.41) is 9.64. The van der Waals surface area contributed by atoms with E-state index in [1.54, 1.807) is 38.1 Å². The normalized spacial score (nSPS) is 17.3. The topological polar surface area (TPSA) is 87.2 Å². The number of likely N-dealkylation sites (N-methyl/N-ethyl adjacent to an activating group) is 1. The van der Waals surface area contributed by atoms with Gasteiger partial charge in [-0.05, 0) is 44.9 Å². The zero-order chi connectivity index (χ0) is 20.2. The maximum absolute atomic E-state index is 12.7. The van der Waals surface area contributed by atoms with Crippen molar-refractivity contribution in [1.82, 2.24) is 9.80 Å². The van der Waals surface area contributed by atoms with Crippen LogP contribution in [-0.2, 0) is 14.4 Å². The Hall–Kier alpha value is -2.28. The quantitative estimate of drug-likeness (QED) is 0.797. The molecule has 0 aromatic heterocycles. The van der Waals surface area contributed by atoms with E-state index >= 15 is 0 Å². The molecule has 1 heterocycles. The Kier molecular flexibility index (Phi) is 6.70. The minimum atomic E-state index is -1.19. The highest BCUT2D eigenvalue weighted by Crippen LogP contribution is 2.23. The molecule has 0 bridgehead atoms. The number of benzene rings is 1. The molecular formula is C19H25ClN2O5. The molecule has 1 aromatic rings. The fourth-order valence-electron chi connectivity index (χ4n) is 3.11. The van der Waals surface area contributed by atoms with Gasteiger partial charge < -0.3 is 19.6 Å². The number of ether oxygens (including phenoxy) is 1. The average molecular weight is 397 g/mol. The first-order valence-corrected chi connectivity index (χ1v) is 9.18. The second kappa shape index (κ2) is 8.61. The second-order valence-electron chi connectivity index (χ2n) is 7.25. The summed E-state index contributed by atoms with van der Waals surface area (Å²) in [4.78, 5) is 39.2. The van der Waals surface area contributed by atoms with Crippen LogP contribution in [0.4, 0.5) is 0 Å². The third kappa shape index (κ3) is 5.60. The molecular weight excluding hydrogens is 372 g/mol. The van der Waals surface area contributed by atoms with E-state index in [1.807, 2.05) is 0 Å². The van der Waals surface area contributed by atoms with Gasteiger partial charge in [0.2, 0.25) is 5.91 Å². The number of carbonyl (C=O) groups excluding carboxylic acids is 2. The zero-order valence-electron chi connectivity index (χ0n) is 15.8. The number of likely N-dealkylation sites (tertiary alicyclic amines) is 1. The molecule has 1 fully saturated rings. The standard InChI is InChI=1S/C19H25ClN2O5/c1-19(2,27-15-8-4-7-14(20)10-15)18(26)21(3)12-16(23)22-9-5-6-13(11-22)17(24)25/h4,7-8,10,13H,5-6,9,11-12H2,1-3H3,(H,24,25). The molecule has 1 unspecified atom stereocenters. The fraction of sp³-hybridized carbons (Fsp3) is 0.526. The summed E-state index contributed by atoms with van der Waals surface area (Å²) in [6.45, 7) is 3.80. The molecule has 2 rings (SSSR count). The monoisotopic (exact) mass is 396 g/mol. The predicted octanol–water partition coefficient (Wildman–Crippen LogP) is 2.28. The third-order valence-corrected chi connectivity index (χ3v) is 4.76. The van der Waals surface area contributed by atoms with Gasteiger partial charge in [-0.1, -0.05) is 17.7 Å². The van der Waals surface area contributed by atoms with Crippen LogP contribution >= 0.6 is 11.6 Å². The first-order valence-electron chi connectivity index (χ1n) is 8.81. The lowest BCUT2D eigenvalue weighted by Crippen LogP contribution is -2.52. The van der Waals surface area contributed by atoms with Crippen LogP contribution < -0.4 is 4.74 Å². The number of carboxylic acid groups (broad SMARTS) is 1. The number of hydrogen-bond donors (Lipinski definition) is 1. The SMILES string of the molecule is CN(CC(=O)N1CCCC(C(=O)O)C1)C(=O)C(C)(C)Oc1cccc(Cl)c1. The van der Waals surface area contributed by atoms with E-state index in [0.29, 0.717) is 30.2 Å². The molecule has 0 aliphatic carbocycles. The van der Waals surface area contributed by atoms with Crippen molar-refractivity contribution in [2.24, 2.45) is 5.92 Å². The highest BCUT2D eigenvalue weighted by molar-refractivity contribution is 6.30. The van der Waals surface area contributed by atoms with E-state index in [2.05, 4.69) is 0 Å². The predicted molar refractivity (Wildman–Crippen MR) is 101 cm³/mol. The van der Waals surface area contributed by atoms with Crippen LogP contribution in [0.5, 0.6) is 5.75 Å². The minimum absolute atomic E-state index is 0.131. The smallest absolute Gasteiger partial charge is 0.308 e. The Balaban J connectivity index is 1.97. The second-order valence-corrected chi connectivity index (χ2v) is 7.68. The lowest BCUT2D eigenvalue weighted by atomic mass is 9.98. The van der Waals surface area contributed by atoms with Crippen LogP contribution in [-0.4, -0.2) is 65.0 Å². The van der Waals surface area contributed by atoms with Crippen molar-refractivity contribution < 1.29 is 24.2 Å². The number of aliphatic carboxylic acids is 1. The third-order valence-electron chi connectivity index (χ3n) is 4.53.